The number of rotatable bonds is 0. The lowest BCUT2D eigenvalue weighted by Gasteiger charge is -1.76. The van der Waals surface area contributed by atoms with Crippen LogP contribution in [-0.4, -0.2) is 74.9 Å². The lowest BCUT2D eigenvalue weighted by Crippen LogP contribution is -1.80. The standard InChI is InChI=1S/C3H5NO.5C2H4O2/c1-2-5-3-4-1;5*1-2(3)4/h3H,1-2H2;5*1H3,(H,3,4). The highest BCUT2D eigenvalue weighted by Crippen LogP contribution is 1.78. The monoisotopic (exact) mass is 371 g/mol. The maximum Gasteiger partial charge on any atom is 0.300 e. The van der Waals surface area contributed by atoms with Gasteiger partial charge in [0.1, 0.15) is 6.61 Å². The molecule has 0 atom stereocenters. The van der Waals surface area contributed by atoms with Gasteiger partial charge in [-0.25, -0.2) is 0 Å². The first-order chi connectivity index (χ1) is 11.2. The smallest absolute Gasteiger partial charge is 0.300 e. The van der Waals surface area contributed by atoms with Gasteiger partial charge in [0.15, 0.2) is 6.40 Å². The van der Waals surface area contributed by atoms with Crippen LogP contribution in [0, 0.1) is 0 Å². The molecule has 148 valence electrons. The minimum absolute atomic E-state index is 0.778. The molecule has 0 saturated carbocycles. The average Bonchev–Trinajstić information content (AvgIpc) is 2.80. The minimum atomic E-state index is -0.833. The van der Waals surface area contributed by atoms with E-state index in [1.165, 1.54) is 6.40 Å². The highest BCUT2D eigenvalue weighted by molar-refractivity contribution is 5.63. The predicted molar refractivity (Wildman–Crippen MR) is 85.9 cm³/mol. The second-order valence-corrected chi connectivity index (χ2v) is 3.48. The summed E-state index contributed by atoms with van der Waals surface area (Å²) in [5.74, 6) is -4.17. The van der Waals surface area contributed by atoms with Crippen LogP contribution in [0.3, 0.4) is 0 Å². The fraction of sp³-hybridized carbons (Fsp3) is 0.538. The Bertz CT molecular complexity index is 309. The molecule has 12 nitrogen and oxygen atoms in total. The van der Waals surface area contributed by atoms with Gasteiger partial charge in [-0.1, -0.05) is 0 Å². The van der Waals surface area contributed by atoms with Gasteiger partial charge in [0, 0.05) is 34.6 Å². The summed E-state index contributed by atoms with van der Waals surface area (Å²) in [7, 11) is 0. The number of ether oxygens (including phenoxy) is 1. The van der Waals surface area contributed by atoms with E-state index in [0.717, 1.165) is 47.8 Å². The van der Waals surface area contributed by atoms with Crippen LogP contribution in [0.25, 0.3) is 0 Å². The molecule has 0 amide bonds. The number of aliphatic carboxylic acids is 5. The summed E-state index contributed by atoms with van der Waals surface area (Å²) in [4.78, 5) is 48.7. The van der Waals surface area contributed by atoms with Gasteiger partial charge < -0.3 is 30.3 Å². The number of aliphatic imine (C=N–C) groups is 1. The number of carbonyl (C=O) groups is 5. The van der Waals surface area contributed by atoms with Crippen molar-refractivity contribution in [1.82, 2.24) is 0 Å². The molecule has 1 aliphatic heterocycles. The Labute approximate surface area is 144 Å². The number of carboxylic acids is 5. The van der Waals surface area contributed by atoms with Crippen LogP contribution < -0.4 is 0 Å². The van der Waals surface area contributed by atoms with Gasteiger partial charge in [-0.2, -0.15) is 0 Å². The third-order valence-electron chi connectivity index (χ3n) is 0.487. The highest BCUT2D eigenvalue weighted by atomic mass is 16.5. The van der Waals surface area contributed by atoms with Crippen molar-refractivity contribution in [3.05, 3.63) is 0 Å². The molecule has 12 heteroatoms. The van der Waals surface area contributed by atoms with E-state index in [-0.39, 0.29) is 0 Å². The molecule has 1 heterocycles. The Kier molecular flexibility index (Phi) is 38.7. The summed E-state index contributed by atoms with van der Waals surface area (Å²) >= 11 is 0. The molecule has 25 heavy (non-hydrogen) atoms. The van der Waals surface area contributed by atoms with Crippen molar-refractivity contribution >= 4 is 36.2 Å². The van der Waals surface area contributed by atoms with E-state index in [9.17, 15) is 0 Å². The van der Waals surface area contributed by atoms with Crippen LogP contribution in [0.1, 0.15) is 34.6 Å². The molecule has 0 fully saturated rings. The molecule has 0 unspecified atom stereocenters. The average molecular weight is 371 g/mol. The van der Waals surface area contributed by atoms with Crippen molar-refractivity contribution in [2.45, 2.75) is 34.6 Å². The molecule has 0 spiro atoms. The Morgan fingerprint density at radius 2 is 0.880 bits per heavy atom. The van der Waals surface area contributed by atoms with E-state index in [4.69, 9.17) is 49.5 Å². The molecule has 0 aromatic rings. The summed E-state index contributed by atoms with van der Waals surface area (Å²) in [6, 6.07) is 0. The second-order valence-electron chi connectivity index (χ2n) is 3.48. The van der Waals surface area contributed by atoms with Crippen molar-refractivity contribution in [3.63, 3.8) is 0 Å². The predicted octanol–water partition coefficient (Wildman–Crippen LogP) is 0.499. The summed E-state index contributed by atoms with van der Waals surface area (Å²) in [5, 5.41) is 37.1. The second kappa shape index (κ2) is 28.9. The van der Waals surface area contributed by atoms with Crippen LogP contribution >= 0.6 is 0 Å². The lowest BCUT2D eigenvalue weighted by molar-refractivity contribution is -0.135. The molecule has 0 radical (unpaired) electrons. The summed E-state index contributed by atoms with van der Waals surface area (Å²) < 4.78 is 4.65. The normalized spacial score (nSPS) is 8.84. The Hall–Kier alpha value is -3.18. The number of carboxylic acid groups (broad SMARTS) is 5. The topological polar surface area (TPSA) is 208 Å². The first-order valence-corrected chi connectivity index (χ1v) is 6.24. The van der Waals surface area contributed by atoms with Gasteiger partial charge in [-0.3, -0.25) is 29.0 Å². The quantitative estimate of drug-likeness (QED) is 0.396. The zero-order valence-corrected chi connectivity index (χ0v) is 14.6. The van der Waals surface area contributed by atoms with Crippen LogP contribution in [0.5, 0.6) is 0 Å². The SMILES string of the molecule is C1=NCCO1.CC(=O)O.CC(=O)O.CC(=O)O.CC(=O)O.CC(=O)O. The fourth-order valence-corrected chi connectivity index (χ4v) is 0.264. The minimum Gasteiger partial charge on any atom is -0.482 e. The van der Waals surface area contributed by atoms with Crippen molar-refractivity contribution in [2.75, 3.05) is 13.2 Å². The van der Waals surface area contributed by atoms with Crippen LogP contribution in [0.2, 0.25) is 0 Å². The highest BCUT2D eigenvalue weighted by Gasteiger charge is 1.84. The van der Waals surface area contributed by atoms with Crippen molar-refractivity contribution in [2.24, 2.45) is 4.99 Å². The van der Waals surface area contributed by atoms with E-state index in [0.29, 0.717) is 0 Å². The van der Waals surface area contributed by atoms with Gasteiger partial charge in [-0.15, -0.1) is 0 Å². The van der Waals surface area contributed by atoms with Crippen molar-refractivity contribution in [3.8, 4) is 0 Å². The molecular formula is C13H25NO11. The van der Waals surface area contributed by atoms with E-state index in [1.807, 2.05) is 0 Å². The molecule has 0 aromatic carbocycles. The van der Waals surface area contributed by atoms with Gasteiger partial charge in [-0.05, 0) is 0 Å². The molecule has 0 bridgehead atoms. The van der Waals surface area contributed by atoms with Gasteiger partial charge in [0.2, 0.25) is 0 Å². The largest absolute Gasteiger partial charge is 0.482 e. The molecule has 1 aliphatic rings. The zero-order chi connectivity index (χ0) is 21.4. The Morgan fingerprint density at radius 1 is 0.680 bits per heavy atom. The zero-order valence-electron chi connectivity index (χ0n) is 14.6. The fourth-order valence-electron chi connectivity index (χ4n) is 0.264. The maximum atomic E-state index is 9.00. The summed E-state index contributed by atoms with van der Waals surface area (Å²) in [6.45, 7) is 7.04. The third-order valence-corrected chi connectivity index (χ3v) is 0.487. The summed E-state index contributed by atoms with van der Waals surface area (Å²) in [5.41, 5.74) is 0. The molecule has 1 rings (SSSR count). The molecule has 5 N–H and O–H groups in total. The van der Waals surface area contributed by atoms with E-state index in [2.05, 4.69) is 9.73 Å². The van der Waals surface area contributed by atoms with E-state index in [1.54, 1.807) is 0 Å². The van der Waals surface area contributed by atoms with Crippen LogP contribution in [0.15, 0.2) is 4.99 Å². The van der Waals surface area contributed by atoms with E-state index < -0.39 is 29.8 Å². The van der Waals surface area contributed by atoms with Crippen molar-refractivity contribution < 1.29 is 54.2 Å². The molecular weight excluding hydrogens is 346 g/mol. The molecule has 0 aliphatic carbocycles. The summed E-state index contributed by atoms with van der Waals surface area (Å²) in [6.07, 6.45) is 1.49. The third kappa shape index (κ3) is 2230. The Morgan fingerprint density at radius 3 is 0.920 bits per heavy atom. The first-order valence-electron chi connectivity index (χ1n) is 6.24. The number of nitrogens with zero attached hydrogens (tertiary/aromatic N) is 1. The van der Waals surface area contributed by atoms with Gasteiger partial charge >= 0.3 is 0 Å². The van der Waals surface area contributed by atoms with Gasteiger partial charge in [0.05, 0.1) is 6.54 Å². The van der Waals surface area contributed by atoms with Gasteiger partial charge in [0.25, 0.3) is 29.8 Å². The maximum absolute atomic E-state index is 9.00. The Balaban J connectivity index is -0.0000000643. The molecule has 0 saturated heterocycles. The van der Waals surface area contributed by atoms with E-state index >= 15 is 0 Å². The lowest BCUT2D eigenvalue weighted by atomic mass is 10.8. The number of hydrogen-bond donors (Lipinski definition) is 5. The molecule has 0 aromatic heterocycles. The van der Waals surface area contributed by atoms with Crippen LogP contribution in [-0.2, 0) is 28.7 Å². The van der Waals surface area contributed by atoms with Crippen molar-refractivity contribution in [1.29, 1.82) is 0 Å². The van der Waals surface area contributed by atoms with Crippen LogP contribution in [0.4, 0.5) is 0 Å². The number of hydrogen-bond acceptors (Lipinski definition) is 7. The first kappa shape index (κ1) is 33.4.